The number of benzene rings is 4. The molecule has 0 spiro atoms. The molecule has 1 fully saturated rings. The van der Waals surface area contributed by atoms with E-state index >= 15 is 0 Å². The molecule has 20 heteroatoms. The summed E-state index contributed by atoms with van der Waals surface area (Å²) < 4.78 is 0. The second-order valence-corrected chi connectivity index (χ2v) is 24.3. The molecule has 10 amide bonds. The normalized spacial score (nSPS) is 21.0. The van der Waals surface area contributed by atoms with Crippen molar-refractivity contribution in [1.82, 2.24) is 50.7 Å². The van der Waals surface area contributed by atoms with Gasteiger partial charge in [-0.25, -0.2) is 0 Å². The number of nitrogens with one attached hydrogen (secondary N) is 4. The Hall–Kier alpha value is -8.42. The number of hydrogen-bond donors (Lipinski definition) is 4. The highest BCUT2D eigenvalue weighted by molar-refractivity contribution is 6.01. The van der Waals surface area contributed by atoms with Crippen molar-refractivity contribution < 1.29 is 47.9 Å². The molecule has 0 aliphatic carbocycles. The van der Waals surface area contributed by atoms with Gasteiger partial charge in [0.05, 0.1) is 13.1 Å². The van der Waals surface area contributed by atoms with E-state index in [1.54, 1.807) is 48.5 Å². The molecule has 1 aliphatic rings. The van der Waals surface area contributed by atoms with Crippen LogP contribution in [0.25, 0.3) is 22.3 Å². The number of rotatable bonds is 14. The molecule has 464 valence electrons. The van der Waals surface area contributed by atoms with Crippen molar-refractivity contribution >= 4 is 59.1 Å². The maximum Gasteiger partial charge on any atom is 0.251 e. The van der Waals surface area contributed by atoms with E-state index in [0.717, 1.165) is 22.3 Å². The number of hydrogen-bond acceptors (Lipinski definition) is 10. The van der Waals surface area contributed by atoms with Gasteiger partial charge >= 0.3 is 0 Å². The van der Waals surface area contributed by atoms with Crippen LogP contribution in [0.15, 0.2) is 109 Å². The Kier molecular flexibility index (Phi) is 25.2. The molecule has 1 heterocycles. The molecule has 4 aromatic rings. The Bertz CT molecular complexity index is 2790. The third-order valence-electron chi connectivity index (χ3n) is 15.5. The fourth-order valence-electron chi connectivity index (χ4n) is 10.4. The van der Waals surface area contributed by atoms with Crippen molar-refractivity contribution in [1.29, 1.82) is 0 Å². The van der Waals surface area contributed by atoms with E-state index in [1.165, 1.54) is 71.7 Å². The van der Waals surface area contributed by atoms with Gasteiger partial charge in [0.25, 0.3) is 11.8 Å². The van der Waals surface area contributed by atoms with E-state index in [0.29, 0.717) is 0 Å². The first-order chi connectivity index (χ1) is 40.6. The molecule has 20 nitrogen and oxygen atoms in total. The van der Waals surface area contributed by atoms with Gasteiger partial charge in [-0.15, -0.1) is 0 Å². The maximum absolute atomic E-state index is 15.0. The van der Waals surface area contributed by atoms with Crippen LogP contribution in [0.5, 0.6) is 0 Å². The molecule has 0 unspecified atom stereocenters. The molecular weight excluding hydrogens is 1090 g/mol. The summed E-state index contributed by atoms with van der Waals surface area (Å²) in [6.45, 7) is 13.0. The molecule has 86 heavy (non-hydrogen) atoms. The number of carbonyl (C=O) groups is 10. The largest absolute Gasteiger partial charge is 0.352 e. The molecule has 0 saturated carbocycles. The van der Waals surface area contributed by atoms with Crippen LogP contribution in [0.3, 0.4) is 0 Å². The molecule has 1 saturated heterocycles. The molecule has 0 aromatic heterocycles. The SMILES string of the molecule is CC(C)C[C@H]1C(=O)NC[C@H](NC(=O)c2ccc(-c3ccccc3)cc2)C(=O)N(C)[C@@H](CC(C)C)C(=O)N(C)CC(=O)N(C)[C@@H](CC(C)C)C(=O)NC[C@H](NC(=O)c2ccc(-c3ccccc3)cc2)C(=O)N(C)[C@@H](CC(C)C)C(=O)N(C)CC(=O)N1C. The Labute approximate surface area is 507 Å². The fraction of sp³-hybridized carbons (Fsp3) is 0.485. The van der Waals surface area contributed by atoms with E-state index in [1.807, 2.05) is 116 Å². The fourth-order valence-corrected chi connectivity index (χ4v) is 10.4. The highest BCUT2D eigenvalue weighted by Gasteiger charge is 2.40. The first-order valence-electron chi connectivity index (χ1n) is 29.6. The predicted molar refractivity (Wildman–Crippen MR) is 332 cm³/mol. The minimum absolute atomic E-state index is 0.130. The van der Waals surface area contributed by atoms with E-state index in [-0.39, 0.29) is 60.5 Å². The zero-order valence-corrected chi connectivity index (χ0v) is 52.6. The van der Waals surface area contributed by atoms with Crippen LogP contribution in [-0.2, 0) is 38.4 Å². The summed E-state index contributed by atoms with van der Waals surface area (Å²) in [4.78, 5) is 153. The van der Waals surface area contributed by atoms with Crippen LogP contribution >= 0.6 is 0 Å². The molecule has 0 radical (unpaired) electrons. The Morgan fingerprint density at radius 1 is 0.395 bits per heavy atom. The lowest BCUT2D eigenvalue weighted by molar-refractivity contribution is -0.149. The topological polar surface area (TPSA) is 238 Å². The van der Waals surface area contributed by atoms with Crippen LogP contribution < -0.4 is 21.3 Å². The number of carbonyl (C=O) groups excluding carboxylic acids is 10. The summed E-state index contributed by atoms with van der Waals surface area (Å²) in [5.41, 5.74) is 3.97. The smallest absolute Gasteiger partial charge is 0.251 e. The second kappa shape index (κ2) is 31.6. The summed E-state index contributed by atoms with van der Waals surface area (Å²) >= 11 is 0. The van der Waals surface area contributed by atoms with Crippen molar-refractivity contribution in [2.24, 2.45) is 23.7 Å². The number of nitrogens with zero attached hydrogens (tertiary/aromatic N) is 6. The molecular formula is C66H90N10O10. The zero-order valence-electron chi connectivity index (χ0n) is 52.6. The van der Waals surface area contributed by atoms with Gasteiger partial charge in [0.15, 0.2) is 0 Å². The van der Waals surface area contributed by atoms with Crippen molar-refractivity contribution in [3.05, 3.63) is 120 Å². The first kappa shape index (κ1) is 68.4. The van der Waals surface area contributed by atoms with Gasteiger partial charge in [0.1, 0.15) is 36.3 Å². The van der Waals surface area contributed by atoms with Crippen LogP contribution in [0, 0.1) is 23.7 Å². The van der Waals surface area contributed by atoms with Crippen molar-refractivity contribution in [3.63, 3.8) is 0 Å². The number of likely N-dealkylation sites (N-methyl/N-ethyl adjacent to an activating group) is 6. The summed E-state index contributed by atoms with van der Waals surface area (Å²) in [7, 11) is 8.53. The molecule has 6 atom stereocenters. The Morgan fingerprint density at radius 3 is 0.965 bits per heavy atom. The predicted octanol–water partition coefficient (Wildman–Crippen LogP) is 5.57. The summed E-state index contributed by atoms with van der Waals surface area (Å²) in [6, 6.07) is 25.1. The number of amides is 10. The zero-order chi connectivity index (χ0) is 63.7. The molecule has 4 aromatic carbocycles. The average molecular weight is 1180 g/mol. The maximum atomic E-state index is 15.0. The lowest BCUT2D eigenvalue weighted by Crippen LogP contribution is -2.60. The third kappa shape index (κ3) is 18.8. The molecule has 5 rings (SSSR count). The van der Waals surface area contributed by atoms with E-state index < -0.39 is 122 Å². The van der Waals surface area contributed by atoms with E-state index in [9.17, 15) is 47.9 Å². The first-order valence-corrected chi connectivity index (χ1v) is 29.6. The van der Waals surface area contributed by atoms with Crippen molar-refractivity contribution in [2.45, 2.75) is 117 Å². The minimum atomic E-state index is -1.46. The summed E-state index contributed by atoms with van der Waals surface area (Å²) in [6.07, 6.45) is 0.569. The highest BCUT2D eigenvalue weighted by atomic mass is 16.2. The quantitative estimate of drug-likeness (QED) is 0.122. The Balaban J connectivity index is 1.56. The van der Waals surface area contributed by atoms with Gasteiger partial charge in [-0.2, -0.15) is 0 Å². The van der Waals surface area contributed by atoms with Crippen LogP contribution in [-0.4, -0.2) is 193 Å². The van der Waals surface area contributed by atoms with E-state index in [4.69, 9.17) is 0 Å². The molecule has 4 N–H and O–H groups in total. The van der Waals surface area contributed by atoms with Crippen LogP contribution in [0.2, 0.25) is 0 Å². The summed E-state index contributed by atoms with van der Waals surface area (Å²) in [5.74, 6) is -7.14. The molecule has 1 aliphatic heterocycles. The summed E-state index contributed by atoms with van der Waals surface area (Å²) in [5, 5.41) is 11.2. The van der Waals surface area contributed by atoms with Gasteiger partial charge in [-0.3, -0.25) is 47.9 Å². The monoisotopic (exact) mass is 1180 g/mol. The van der Waals surface area contributed by atoms with Gasteiger partial charge < -0.3 is 50.7 Å². The lowest BCUT2D eigenvalue weighted by Gasteiger charge is -2.36. The van der Waals surface area contributed by atoms with Crippen molar-refractivity contribution in [2.75, 3.05) is 68.5 Å². The van der Waals surface area contributed by atoms with Crippen LogP contribution in [0.4, 0.5) is 0 Å². The van der Waals surface area contributed by atoms with Gasteiger partial charge in [0.2, 0.25) is 47.3 Å². The minimum Gasteiger partial charge on any atom is -0.352 e. The Morgan fingerprint density at radius 2 is 0.674 bits per heavy atom. The van der Waals surface area contributed by atoms with Crippen LogP contribution in [0.1, 0.15) is 102 Å². The van der Waals surface area contributed by atoms with Gasteiger partial charge in [0, 0.05) is 66.5 Å². The third-order valence-corrected chi connectivity index (χ3v) is 15.5. The average Bonchev–Trinajstić information content (AvgIpc) is 3.57. The van der Waals surface area contributed by atoms with E-state index in [2.05, 4.69) is 21.3 Å². The lowest BCUT2D eigenvalue weighted by atomic mass is 9.99. The molecule has 0 bridgehead atoms. The standard InChI is InChI=1S/C66H90N10O10/c1-41(2)33-53-61(81)67-37-51(69-59(79)49-29-25-47(26-30-49)45-21-17-15-18-22-45)63(83)75(13)56(36-44(7)8)66(86)72(10)40-58(78)74(12)54(34-42(3)4)62(82)68-38-52(70-60(80)50-31-27-48(28-32-50)46-23-19-16-20-24-46)64(84)76(14)55(35-43(5)6)65(85)71(9)39-57(77)73(53)11/h15-32,41-44,51-56H,33-40H2,1-14H3,(H,67,81)(H,68,82)(H,69,79)(H,70,80)/t51-,52-,53-,54-,55-,56-/m0/s1. The van der Waals surface area contributed by atoms with Gasteiger partial charge in [-0.1, -0.05) is 140 Å². The van der Waals surface area contributed by atoms with Crippen molar-refractivity contribution in [3.8, 4) is 22.3 Å². The van der Waals surface area contributed by atoms with Gasteiger partial charge in [-0.05, 0) is 95.9 Å². The second-order valence-electron chi connectivity index (χ2n) is 24.3. The highest BCUT2D eigenvalue weighted by Crippen LogP contribution is 2.23.